The first-order chi connectivity index (χ1) is 8.51. The monoisotopic (exact) mass is 273 g/mol. The second-order valence-corrected chi connectivity index (χ2v) is 6.32. The van der Waals surface area contributed by atoms with E-state index in [1.54, 1.807) is 4.90 Å². The number of nitrogens with zero attached hydrogens (tertiary/aromatic N) is 1. The van der Waals surface area contributed by atoms with Gasteiger partial charge in [-0.3, -0.25) is 9.59 Å². The largest absolute Gasteiger partial charge is 0.481 e. The number of carboxylic acid groups (broad SMARTS) is 1. The number of alkyl halides is 1. The van der Waals surface area contributed by atoms with E-state index in [2.05, 4.69) is 0 Å². The topological polar surface area (TPSA) is 57.6 Å². The minimum Gasteiger partial charge on any atom is -0.481 e. The van der Waals surface area contributed by atoms with Crippen molar-refractivity contribution in [2.45, 2.75) is 50.3 Å². The van der Waals surface area contributed by atoms with E-state index in [9.17, 15) is 9.59 Å². The van der Waals surface area contributed by atoms with Crippen LogP contribution in [0.4, 0.5) is 0 Å². The molecule has 2 fully saturated rings. The highest BCUT2D eigenvalue weighted by molar-refractivity contribution is 6.22. The lowest BCUT2D eigenvalue weighted by Crippen LogP contribution is -2.41. The number of hydrogen-bond donors (Lipinski definition) is 1. The summed E-state index contributed by atoms with van der Waals surface area (Å²) in [5.41, 5.74) is -0.222. The zero-order chi connectivity index (χ0) is 13.2. The molecule has 0 radical (unpaired) electrons. The summed E-state index contributed by atoms with van der Waals surface area (Å²) < 4.78 is 0. The molecule has 0 spiro atoms. The third kappa shape index (κ3) is 3.16. The molecule has 1 heterocycles. The summed E-state index contributed by atoms with van der Waals surface area (Å²) in [5.74, 6) is -0.684. The number of carboxylic acids is 1. The molecule has 0 aromatic carbocycles. The maximum Gasteiger partial charge on any atom is 0.303 e. The van der Waals surface area contributed by atoms with Gasteiger partial charge in [0.1, 0.15) is 0 Å². The summed E-state index contributed by atoms with van der Waals surface area (Å²) in [7, 11) is 0. The number of carbonyl (C=O) groups excluding carboxylic acids is 1. The van der Waals surface area contributed by atoms with Crippen molar-refractivity contribution in [3.05, 3.63) is 0 Å². The predicted molar refractivity (Wildman–Crippen MR) is 68.6 cm³/mol. The van der Waals surface area contributed by atoms with Crippen molar-refractivity contribution in [2.24, 2.45) is 5.41 Å². The molecule has 1 amide bonds. The van der Waals surface area contributed by atoms with Gasteiger partial charge in [0.15, 0.2) is 0 Å². The van der Waals surface area contributed by atoms with Crippen molar-refractivity contribution in [2.75, 3.05) is 13.1 Å². The quantitative estimate of drug-likeness (QED) is 0.800. The van der Waals surface area contributed by atoms with Crippen molar-refractivity contribution in [1.29, 1.82) is 0 Å². The molecule has 5 heteroatoms. The highest BCUT2D eigenvalue weighted by Gasteiger charge is 2.39. The molecule has 0 aromatic rings. The van der Waals surface area contributed by atoms with Gasteiger partial charge >= 0.3 is 5.97 Å². The Bertz CT molecular complexity index is 339. The molecule has 1 saturated carbocycles. The molecule has 1 unspecified atom stereocenters. The zero-order valence-electron chi connectivity index (χ0n) is 10.5. The maximum atomic E-state index is 11.8. The summed E-state index contributed by atoms with van der Waals surface area (Å²) >= 11 is 5.99. The molecule has 1 saturated heterocycles. The Balaban J connectivity index is 2.05. The van der Waals surface area contributed by atoms with Gasteiger partial charge in [-0.05, 0) is 18.3 Å². The second kappa shape index (κ2) is 5.47. The Kier molecular flexibility index (Phi) is 4.15. The average Bonchev–Trinajstić information content (AvgIpc) is 2.57. The van der Waals surface area contributed by atoms with Crippen LogP contribution in [0.5, 0.6) is 0 Å². The van der Waals surface area contributed by atoms with Crippen LogP contribution < -0.4 is 0 Å². The molecular formula is C13H20ClNO3. The minimum atomic E-state index is -0.758. The van der Waals surface area contributed by atoms with Gasteiger partial charge in [0.2, 0.25) is 5.91 Å². The first-order valence-corrected chi connectivity index (χ1v) is 7.08. The van der Waals surface area contributed by atoms with Crippen LogP contribution in [-0.2, 0) is 9.59 Å². The fourth-order valence-electron chi connectivity index (χ4n) is 3.30. The van der Waals surface area contributed by atoms with E-state index in [4.69, 9.17) is 16.7 Å². The van der Waals surface area contributed by atoms with Gasteiger partial charge < -0.3 is 10.0 Å². The van der Waals surface area contributed by atoms with Crippen LogP contribution >= 0.6 is 11.6 Å². The number of likely N-dealkylation sites (tertiary alicyclic amines) is 1. The van der Waals surface area contributed by atoms with Gasteiger partial charge in [-0.15, -0.1) is 11.6 Å². The fourth-order valence-corrected chi connectivity index (χ4v) is 3.59. The van der Waals surface area contributed by atoms with Crippen LogP contribution in [0, 0.1) is 5.41 Å². The lowest BCUT2D eigenvalue weighted by Gasteiger charge is -2.39. The average molecular weight is 274 g/mol. The van der Waals surface area contributed by atoms with Crippen molar-refractivity contribution in [1.82, 2.24) is 4.90 Å². The Morgan fingerprint density at radius 3 is 2.56 bits per heavy atom. The number of carbonyl (C=O) groups is 2. The molecule has 2 aliphatic rings. The SMILES string of the molecule is O=C(O)CC1(CN2CC(Cl)CC2=O)CCCCC1. The summed E-state index contributed by atoms with van der Waals surface area (Å²) in [4.78, 5) is 24.6. The highest BCUT2D eigenvalue weighted by Crippen LogP contribution is 2.41. The summed E-state index contributed by atoms with van der Waals surface area (Å²) in [6.07, 6.45) is 5.70. The second-order valence-electron chi connectivity index (χ2n) is 5.71. The van der Waals surface area contributed by atoms with E-state index < -0.39 is 5.97 Å². The predicted octanol–water partition coefficient (Wildman–Crippen LogP) is 2.25. The Morgan fingerprint density at radius 1 is 1.39 bits per heavy atom. The normalized spacial score (nSPS) is 27.5. The third-order valence-corrected chi connectivity index (χ3v) is 4.43. The molecule has 2 rings (SSSR count). The van der Waals surface area contributed by atoms with Crippen LogP contribution in [0.2, 0.25) is 0 Å². The number of rotatable bonds is 4. The first kappa shape index (κ1) is 13.7. The van der Waals surface area contributed by atoms with Crippen molar-refractivity contribution >= 4 is 23.5 Å². The molecule has 1 atom stereocenters. The van der Waals surface area contributed by atoms with Gasteiger partial charge in [0, 0.05) is 19.5 Å². The van der Waals surface area contributed by atoms with Crippen LogP contribution in [-0.4, -0.2) is 40.3 Å². The van der Waals surface area contributed by atoms with E-state index in [0.29, 0.717) is 19.5 Å². The molecule has 0 aromatic heterocycles. The van der Waals surface area contributed by atoms with Gasteiger partial charge in [-0.25, -0.2) is 0 Å². The van der Waals surface area contributed by atoms with Crippen LogP contribution in [0.15, 0.2) is 0 Å². The highest BCUT2D eigenvalue weighted by atomic mass is 35.5. The molecule has 18 heavy (non-hydrogen) atoms. The standard InChI is InChI=1S/C13H20ClNO3/c14-10-6-11(16)15(8-10)9-13(7-12(17)18)4-2-1-3-5-13/h10H,1-9H2,(H,17,18). The fraction of sp³-hybridized carbons (Fsp3) is 0.846. The van der Waals surface area contributed by atoms with E-state index in [-0.39, 0.29) is 23.1 Å². The molecule has 1 aliphatic heterocycles. The molecule has 102 valence electrons. The number of hydrogen-bond acceptors (Lipinski definition) is 2. The molecule has 0 bridgehead atoms. The van der Waals surface area contributed by atoms with Gasteiger partial charge in [0.05, 0.1) is 11.8 Å². The molecule has 1 N–H and O–H groups in total. The van der Waals surface area contributed by atoms with Gasteiger partial charge in [-0.1, -0.05) is 19.3 Å². The summed E-state index contributed by atoms with van der Waals surface area (Å²) in [6, 6.07) is 0. The lowest BCUT2D eigenvalue weighted by molar-refractivity contribution is -0.142. The van der Waals surface area contributed by atoms with Crippen molar-refractivity contribution in [3.63, 3.8) is 0 Å². The van der Waals surface area contributed by atoms with E-state index in [0.717, 1.165) is 25.7 Å². The Labute approximate surface area is 112 Å². The number of halogens is 1. The van der Waals surface area contributed by atoms with Crippen molar-refractivity contribution in [3.8, 4) is 0 Å². The van der Waals surface area contributed by atoms with Crippen LogP contribution in [0.1, 0.15) is 44.9 Å². The van der Waals surface area contributed by atoms with E-state index in [1.807, 2.05) is 0 Å². The Morgan fingerprint density at radius 2 is 2.06 bits per heavy atom. The lowest BCUT2D eigenvalue weighted by atomic mass is 9.71. The van der Waals surface area contributed by atoms with Crippen molar-refractivity contribution < 1.29 is 14.7 Å². The first-order valence-electron chi connectivity index (χ1n) is 6.64. The molecular weight excluding hydrogens is 254 g/mol. The zero-order valence-corrected chi connectivity index (χ0v) is 11.3. The number of aliphatic carboxylic acids is 1. The smallest absolute Gasteiger partial charge is 0.303 e. The number of amides is 1. The van der Waals surface area contributed by atoms with E-state index in [1.165, 1.54) is 6.42 Å². The van der Waals surface area contributed by atoms with Crippen LogP contribution in [0.3, 0.4) is 0 Å². The van der Waals surface area contributed by atoms with Gasteiger partial charge in [0.25, 0.3) is 0 Å². The minimum absolute atomic E-state index is 0.0744. The summed E-state index contributed by atoms with van der Waals surface area (Å²) in [6.45, 7) is 1.14. The third-order valence-electron chi connectivity index (χ3n) is 4.13. The maximum absolute atomic E-state index is 11.8. The molecule has 1 aliphatic carbocycles. The van der Waals surface area contributed by atoms with E-state index >= 15 is 0 Å². The Hall–Kier alpha value is -0.770. The van der Waals surface area contributed by atoms with Gasteiger partial charge in [-0.2, -0.15) is 0 Å². The molecule has 4 nitrogen and oxygen atoms in total. The summed E-state index contributed by atoms with van der Waals surface area (Å²) in [5, 5.41) is 8.98. The van der Waals surface area contributed by atoms with Crippen LogP contribution in [0.25, 0.3) is 0 Å².